The Morgan fingerprint density at radius 3 is 2.40 bits per heavy atom. The summed E-state index contributed by atoms with van der Waals surface area (Å²) in [4.78, 5) is 11.3. The third kappa shape index (κ3) is 1.46. The van der Waals surface area contributed by atoms with Gasteiger partial charge < -0.3 is 0 Å². The van der Waals surface area contributed by atoms with Crippen molar-refractivity contribution in [2.45, 2.75) is 29.1 Å². The number of carbonyl (C=O) groups excluding carboxylic acids is 1. The Balaban J connectivity index is 2.58. The molecule has 10 heavy (non-hydrogen) atoms. The van der Waals surface area contributed by atoms with E-state index in [0.717, 1.165) is 35.4 Å². The molecule has 1 fully saturated rings. The molecule has 1 saturated carbocycles. The first-order chi connectivity index (χ1) is 4.69. The van der Waals surface area contributed by atoms with Crippen molar-refractivity contribution in [1.29, 1.82) is 0 Å². The minimum absolute atomic E-state index is 0.0831. The van der Waals surface area contributed by atoms with Crippen LogP contribution in [0.5, 0.6) is 0 Å². The van der Waals surface area contributed by atoms with E-state index in [0.29, 0.717) is 0 Å². The molecule has 0 saturated heterocycles. The second-order valence-corrected chi connectivity index (χ2v) is 6.10. The number of amides is 1. The molecule has 1 N–H and O–H groups in total. The summed E-state index contributed by atoms with van der Waals surface area (Å²) in [6.07, 6.45) is 4.73. The van der Waals surface area contributed by atoms with Gasteiger partial charge in [0.1, 0.15) is 0 Å². The molecule has 0 aromatic heterocycles. The van der Waals surface area contributed by atoms with E-state index in [2.05, 4.69) is 5.32 Å². The molecule has 0 aliphatic heterocycles. The third-order valence-electron chi connectivity index (χ3n) is 2.18. The zero-order valence-electron chi connectivity index (χ0n) is 6.31. The fraction of sp³-hybridized carbons (Fsp3) is 0.857. The molecule has 2 nitrogen and oxygen atoms in total. The Hall–Kier alpha value is 0.269. The maximum atomic E-state index is 11.3. The SMILES string of the molecule is CNC(=O)[C]1([SnH])CCCC1. The molecule has 0 aromatic carbocycles. The van der Waals surface area contributed by atoms with Crippen LogP contribution >= 0.6 is 0 Å². The van der Waals surface area contributed by atoms with Gasteiger partial charge in [-0.2, -0.15) is 0 Å². The van der Waals surface area contributed by atoms with Crippen molar-refractivity contribution in [3.8, 4) is 0 Å². The summed E-state index contributed by atoms with van der Waals surface area (Å²) in [5.41, 5.74) is 0. The van der Waals surface area contributed by atoms with Crippen LogP contribution in [0.3, 0.4) is 0 Å². The van der Waals surface area contributed by atoms with Gasteiger partial charge in [0.15, 0.2) is 0 Å². The number of rotatable bonds is 1. The van der Waals surface area contributed by atoms with Gasteiger partial charge in [-0.1, -0.05) is 0 Å². The molecule has 0 atom stereocenters. The molecular formula is C7H13NOSn. The predicted octanol–water partition coefficient (Wildman–Crippen LogP) is 0.366. The Morgan fingerprint density at radius 1 is 1.50 bits per heavy atom. The molecule has 0 aromatic rings. The van der Waals surface area contributed by atoms with Gasteiger partial charge in [0.2, 0.25) is 0 Å². The first-order valence-corrected chi connectivity index (χ1v) is 5.35. The fourth-order valence-electron chi connectivity index (χ4n) is 1.48. The normalized spacial score (nSPS) is 22.6. The van der Waals surface area contributed by atoms with Gasteiger partial charge in [-0.05, 0) is 0 Å². The van der Waals surface area contributed by atoms with Crippen molar-refractivity contribution in [2.75, 3.05) is 7.05 Å². The van der Waals surface area contributed by atoms with E-state index in [4.69, 9.17) is 0 Å². The fourth-order valence-corrected chi connectivity index (χ4v) is 3.06. The molecule has 1 aliphatic carbocycles. The van der Waals surface area contributed by atoms with Gasteiger partial charge in [0.05, 0.1) is 0 Å². The Morgan fingerprint density at radius 2 is 2.00 bits per heavy atom. The molecule has 0 unspecified atom stereocenters. The Labute approximate surface area is 74.8 Å². The van der Waals surface area contributed by atoms with Crippen LogP contribution in [0.15, 0.2) is 0 Å². The molecule has 1 amide bonds. The minimum atomic E-state index is 0.0831. The summed E-state index contributed by atoms with van der Waals surface area (Å²) in [7, 11) is 1.73. The molecule has 2 radical (unpaired) electrons. The predicted molar refractivity (Wildman–Crippen MR) is 42.4 cm³/mol. The van der Waals surface area contributed by atoms with Crippen LogP contribution in [0.25, 0.3) is 0 Å². The van der Waals surface area contributed by atoms with Gasteiger partial charge in [-0.3, -0.25) is 0 Å². The molecular weight excluding hydrogens is 233 g/mol. The van der Waals surface area contributed by atoms with Crippen molar-refractivity contribution in [2.24, 2.45) is 0 Å². The second-order valence-electron chi connectivity index (χ2n) is 2.94. The molecule has 0 spiro atoms. The molecule has 1 aliphatic rings. The summed E-state index contributed by atoms with van der Waals surface area (Å²) in [5.74, 6) is 0.271. The first-order valence-electron chi connectivity index (χ1n) is 3.70. The summed E-state index contributed by atoms with van der Waals surface area (Å²) < 4.78 is 0.0831. The van der Waals surface area contributed by atoms with Crippen molar-refractivity contribution in [3.05, 3.63) is 0 Å². The average molecular weight is 246 g/mol. The van der Waals surface area contributed by atoms with E-state index in [1.165, 1.54) is 12.8 Å². The second kappa shape index (κ2) is 3.11. The van der Waals surface area contributed by atoms with Crippen molar-refractivity contribution in [1.82, 2.24) is 5.32 Å². The van der Waals surface area contributed by atoms with Crippen LogP contribution in [0.2, 0.25) is 3.43 Å². The molecule has 56 valence electrons. The molecule has 3 heteroatoms. The zero-order valence-corrected chi connectivity index (χ0v) is 9.61. The number of carbonyl (C=O) groups is 1. The summed E-state index contributed by atoms with van der Waals surface area (Å²) in [5, 5.41) is 2.74. The van der Waals surface area contributed by atoms with Crippen LogP contribution in [0, 0.1) is 0 Å². The van der Waals surface area contributed by atoms with E-state index >= 15 is 0 Å². The quantitative estimate of drug-likeness (QED) is 0.665. The molecule has 0 heterocycles. The summed E-state index contributed by atoms with van der Waals surface area (Å²) in [6, 6.07) is 0. The van der Waals surface area contributed by atoms with Gasteiger partial charge in [-0.25, -0.2) is 0 Å². The molecule has 1 rings (SSSR count). The average Bonchev–Trinajstić information content (AvgIpc) is 2.36. The van der Waals surface area contributed by atoms with Crippen LogP contribution in [0.1, 0.15) is 25.7 Å². The standard InChI is InChI=1S/C7H12NO.Sn.H/c1-8-7(9)6-4-2-3-5-6;;/h2-5H2,1H3,(H,8,9);;. The van der Waals surface area contributed by atoms with Gasteiger partial charge >= 0.3 is 74.7 Å². The van der Waals surface area contributed by atoms with Gasteiger partial charge in [0.25, 0.3) is 0 Å². The Bertz CT molecular complexity index is 141. The Kier molecular flexibility index (Phi) is 2.60. The van der Waals surface area contributed by atoms with Crippen LogP contribution in [-0.4, -0.2) is 35.5 Å². The monoisotopic (exact) mass is 247 g/mol. The van der Waals surface area contributed by atoms with E-state index in [1.807, 2.05) is 0 Å². The first kappa shape index (κ1) is 8.37. The zero-order chi connectivity index (χ0) is 7.61. The number of hydrogen-bond donors (Lipinski definition) is 1. The van der Waals surface area contributed by atoms with Gasteiger partial charge in [-0.15, -0.1) is 0 Å². The van der Waals surface area contributed by atoms with E-state index in [1.54, 1.807) is 7.05 Å². The van der Waals surface area contributed by atoms with E-state index in [-0.39, 0.29) is 9.34 Å². The summed E-state index contributed by atoms with van der Waals surface area (Å²) >= 11 is 1.08. The van der Waals surface area contributed by atoms with Gasteiger partial charge in [0, 0.05) is 0 Å². The van der Waals surface area contributed by atoms with Crippen LogP contribution in [0.4, 0.5) is 0 Å². The number of nitrogens with one attached hydrogen (secondary N) is 1. The topological polar surface area (TPSA) is 29.1 Å². The summed E-state index contributed by atoms with van der Waals surface area (Å²) in [6.45, 7) is 0. The maximum absolute atomic E-state index is 11.3. The van der Waals surface area contributed by atoms with Crippen LogP contribution < -0.4 is 5.32 Å². The number of hydrogen-bond acceptors (Lipinski definition) is 1. The van der Waals surface area contributed by atoms with Crippen LogP contribution in [-0.2, 0) is 4.79 Å². The van der Waals surface area contributed by atoms with Crippen molar-refractivity contribution in [3.63, 3.8) is 0 Å². The third-order valence-corrected chi connectivity index (χ3v) is 4.57. The van der Waals surface area contributed by atoms with Crippen molar-refractivity contribution < 1.29 is 4.79 Å². The van der Waals surface area contributed by atoms with E-state index in [9.17, 15) is 4.79 Å². The van der Waals surface area contributed by atoms with Crippen molar-refractivity contribution >= 4 is 28.4 Å². The van der Waals surface area contributed by atoms with E-state index < -0.39 is 0 Å². The molecule has 0 bridgehead atoms.